The van der Waals surface area contributed by atoms with Crippen LogP contribution >= 0.6 is 0 Å². The molecule has 0 saturated carbocycles. The third-order valence-corrected chi connectivity index (χ3v) is 7.18. The van der Waals surface area contributed by atoms with E-state index in [1.165, 1.54) is 12.1 Å². The summed E-state index contributed by atoms with van der Waals surface area (Å²) in [5.41, 5.74) is 2.14. The van der Waals surface area contributed by atoms with Gasteiger partial charge in [0.2, 0.25) is 0 Å². The van der Waals surface area contributed by atoms with Gasteiger partial charge in [-0.05, 0) is 88.1 Å². The minimum absolute atomic E-state index is 0.216. The molecule has 0 fully saturated rings. The number of nitrogens with zero attached hydrogens (tertiary/aromatic N) is 5. The number of benzene rings is 2. The first kappa shape index (κ1) is 30.9. The monoisotopic (exact) mass is 605 g/mol. The minimum atomic E-state index is -0.605. The van der Waals surface area contributed by atoms with Crippen LogP contribution in [0.4, 0.5) is 18.4 Å². The normalized spacial score (nSPS) is 15.4. The summed E-state index contributed by atoms with van der Waals surface area (Å²) in [7, 11) is 1.65. The quantitative estimate of drug-likeness (QED) is 0.329. The number of aromatic nitrogens is 3. The summed E-state index contributed by atoms with van der Waals surface area (Å²) < 4.78 is 43.3. The standard InChI is InChI=1S/C33H37F2N5O4/c1-32(2,3)43-30(41)39-14-12-22(18-39)20-8-10-24(26(34)16-20)28-36-37-29(38(28)7)25-11-9-21(17-27(25)35)23-13-15-40(19-23)31(42)44-33(4,5)6/h8-13,16-17H,14-15,18-19H2,1-7H3. The van der Waals surface area contributed by atoms with Crippen molar-refractivity contribution in [2.45, 2.75) is 52.7 Å². The highest BCUT2D eigenvalue weighted by Crippen LogP contribution is 2.32. The van der Waals surface area contributed by atoms with Gasteiger partial charge in [0.15, 0.2) is 11.6 Å². The van der Waals surface area contributed by atoms with Crippen molar-refractivity contribution >= 4 is 23.3 Å². The number of hydrogen-bond donors (Lipinski definition) is 0. The topological polar surface area (TPSA) is 89.8 Å². The zero-order chi connectivity index (χ0) is 32.0. The average molecular weight is 606 g/mol. The second-order valence-corrected chi connectivity index (χ2v) is 13.0. The molecule has 2 aliphatic heterocycles. The van der Waals surface area contributed by atoms with Crippen LogP contribution in [-0.2, 0) is 16.5 Å². The molecule has 2 aromatic carbocycles. The molecule has 0 unspecified atom stereocenters. The Hall–Kier alpha value is -4.54. The second-order valence-electron chi connectivity index (χ2n) is 13.0. The molecule has 0 saturated heterocycles. The lowest BCUT2D eigenvalue weighted by atomic mass is 10.0. The maximum absolute atomic E-state index is 15.4. The largest absolute Gasteiger partial charge is 0.444 e. The molecule has 3 aromatic rings. The number of carbonyl (C=O) groups is 2. The molecule has 44 heavy (non-hydrogen) atoms. The summed E-state index contributed by atoms with van der Waals surface area (Å²) in [6.07, 6.45) is 2.91. The van der Waals surface area contributed by atoms with Crippen LogP contribution in [0, 0.1) is 11.6 Å². The highest BCUT2D eigenvalue weighted by atomic mass is 19.1. The molecule has 0 radical (unpaired) electrons. The summed E-state index contributed by atoms with van der Waals surface area (Å²) in [6.45, 7) is 12.2. The molecule has 0 N–H and O–H groups in total. The van der Waals surface area contributed by atoms with Gasteiger partial charge in [0.1, 0.15) is 22.8 Å². The maximum Gasteiger partial charge on any atom is 0.410 e. The number of amides is 2. The Bertz CT molecular complexity index is 1560. The highest BCUT2D eigenvalue weighted by Gasteiger charge is 2.28. The van der Waals surface area contributed by atoms with Crippen LogP contribution in [0.25, 0.3) is 33.9 Å². The third-order valence-electron chi connectivity index (χ3n) is 7.18. The van der Waals surface area contributed by atoms with E-state index in [0.29, 0.717) is 37.3 Å². The van der Waals surface area contributed by atoms with Gasteiger partial charge >= 0.3 is 12.2 Å². The zero-order valence-electron chi connectivity index (χ0n) is 26.1. The van der Waals surface area contributed by atoms with Crippen molar-refractivity contribution in [3.8, 4) is 22.8 Å². The summed E-state index contributed by atoms with van der Waals surface area (Å²) in [5.74, 6) is -0.538. The molecule has 5 rings (SSSR count). The van der Waals surface area contributed by atoms with Gasteiger partial charge in [-0.25, -0.2) is 18.4 Å². The molecule has 11 heteroatoms. The van der Waals surface area contributed by atoms with E-state index in [-0.39, 0.29) is 22.8 Å². The fourth-order valence-corrected chi connectivity index (χ4v) is 5.05. The minimum Gasteiger partial charge on any atom is -0.444 e. The molecular formula is C33H37F2N5O4. The third kappa shape index (κ3) is 6.66. The average Bonchev–Trinajstić information content (AvgIpc) is 3.67. The maximum atomic E-state index is 15.4. The van der Waals surface area contributed by atoms with Crippen molar-refractivity contribution < 1.29 is 27.8 Å². The fraction of sp³-hybridized carbons (Fsp3) is 0.394. The molecule has 0 spiro atoms. The van der Waals surface area contributed by atoms with E-state index < -0.39 is 35.0 Å². The van der Waals surface area contributed by atoms with Crippen LogP contribution in [0.3, 0.4) is 0 Å². The first-order valence-electron chi connectivity index (χ1n) is 14.4. The van der Waals surface area contributed by atoms with Gasteiger partial charge in [-0.1, -0.05) is 24.3 Å². The van der Waals surface area contributed by atoms with Crippen LogP contribution in [0.1, 0.15) is 52.7 Å². The van der Waals surface area contributed by atoms with Gasteiger partial charge in [-0.15, -0.1) is 10.2 Å². The van der Waals surface area contributed by atoms with E-state index in [0.717, 1.165) is 11.1 Å². The van der Waals surface area contributed by atoms with Crippen LogP contribution in [0.5, 0.6) is 0 Å². The molecule has 9 nitrogen and oxygen atoms in total. The molecule has 2 aliphatic rings. The smallest absolute Gasteiger partial charge is 0.410 e. The Labute approximate surface area is 255 Å². The summed E-state index contributed by atoms with van der Waals surface area (Å²) in [5, 5.41) is 8.34. The van der Waals surface area contributed by atoms with Gasteiger partial charge in [0.05, 0.1) is 11.1 Å². The van der Waals surface area contributed by atoms with E-state index in [2.05, 4.69) is 10.2 Å². The fourth-order valence-electron chi connectivity index (χ4n) is 5.05. The van der Waals surface area contributed by atoms with Gasteiger partial charge < -0.3 is 23.8 Å². The lowest BCUT2D eigenvalue weighted by Gasteiger charge is -2.24. The Balaban J connectivity index is 1.29. The summed E-state index contributed by atoms with van der Waals surface area (Å²) >= 11 is 0. The lowest BCUT2D eigenvalue weighted by Crippen LogP contribution is -2.35. The van der Waals surface area contributed by atoms with Crippen molar-refractivity contribution in [1.29, 1.82) is 0 Å². The summed E-state index contributed by atoms with van der Waals surface area (Å²) in [6, 6.07) is 9.55. The number of halogens is 2. The van der Waals surface area contributed by atoms with E-state index in [1.54, 1.807) is 45.7 Å². The van der Waals surface area contributed by atoms with Crippen LogP contribution in [0.2, 0.25) is 0 Å². The van der Waals surface area contributed by atoms with Crippen LogP contribution in [0.15, 0.2) is 48.6 Å². The molecule has 0 bridgehead atoms. The van der Waals surface area contributed by atoms with Crippen molar-refractivity contribution in [3.63, 3.8) is 0 Å². The molecule has 2 amide bonds. The first-order valence-corrected chi connectivity index (χ1v) is 14.4. The number of carbonyl (C=O) groups excluding carboxylic acids is 2. The Morgan fingerprint density at radius 3 is 1.43 bits per heavy atom. The van der Waals surface area contributed by atoms with Crippen molar-refractivity contribution in [2.24, 2.45) is 7.05 Å². The Morgan fingerprint density at radius 1 is 0.705 bits per heavy atom. The Morgan fingerprint density at radius 2 is 1.09 bits per heavy atom. The van der Waals surface area contributed by atoms with Gasteiger partial charge in [0.25, 0.3) is 0 Å². The highest BCUT2D eigenvalue weighted by molar-refractivity contribution is 5.79. The lowest BCUT2D eigenvalue weighted by molar-refractivity contribution is 0.0295. The predicted octanol–water partition coefficient (Wildman–Crippen LogP) is 6.70. The molecular weight excluding hydrogens is 568 g/mol. The van der Waals surface area contributed by atoms with Crippen molar-refractivity contribution in [3.05, 3.63) is 71.3 Å². The van der Waals surface area contributed by atoms with Crippen molar-refractivity contribution in [1.82, 2.24) is 24.6 Å². The first-order chi connectivity index (χ1) is 20.6. The van der Waals surface area contributed by atoms with Crippen molar-refractivity contribution in [2.75, 3.05) is 26.2 Å². The zero-order valence-corrected chi connectivity index (χ0v) is 26.1. The second kappa shape index (κ2) is 11.5. The van der Waals surface area contributed by atoms with E-state index in [1.807, 2.05) is 53.7 Å². The SMILES string of the molecule is Cn1c(-c2ccc(C3=CCN(C(=O)OC(C)(C)C)C3)cc2F)nnc1-c1ccc(C2=CCN(C(=O)OC(C)(C)C)C2)cc1F. The predicted molar refractivity (Wildman–Crippen MR) is 163 cm³/mol. The van der Waals surface area contributed by atoms with Gasteiger partial charge in [-0.3, -0.25) is 0 Å². The van der Waals surface area contributed by atoms with Gasteiger partial charge in [0, 0.05) is 33.2 Å². The number of hydrogen-bond acceptors (Lipinski definition) is 6. The molecule has 3 heterocycles. The van der Waals surface area contributed by atoms with Crippen LogP contribution < -0.4 is 0 Å². The number of rotatable bonds is 4. The summed E-state index contributed by atoms with van der Waals surface area (Å²) in [4.78, 5) is 28.0. The van der Waals surface area contributed by atoms with Gasteiger partial charge in [-0.2, -0.15) is 0 Å². The Kier molecular flexibility index (Phi) is 8.09. The van der Waals surface area contributed by atoms with E-state index in [4.69, 9.17) is 9.47 Å². The van der Waals surface area contributed by atoms with E-state index >= 15 is 8.78 Å². The number of ether oxygens (including phenoxy) is 2. The molecule has 0 atom stereocenters. The van der Waals surface area contributed by atoms with E-state index in [9.17, 15) is 9.59 Å². The molecule has 232 valence electrons. The molecule has 0 aliphatic carbocycles. The molecule has 1 aromatic heterocycles. The van der Waals surface area contributed by atoms with Crippen LogP contribution in [-0.4, -0.2) is 74.1 Å².